The lowest BCUT2D eigenvalue weighted by atomic mass is 9.77. The Labute approximate surface area is 174 Å². The van der Waals surface area contributed by atoms with Gasteiger partial charge in [0.05, 0.1) is 37.6 Å². The van der Waals surface area contributed by atoms with Gasteiger partial charge >= 0.3 is 5.97 Å². The second-order valence-corrected chi connectivity index (χ2v) is 7.55. The Bertz CT molecular complexity index is 624. The van der Waals surface area contributed by atoms with E-state index in [1.54, 1.807) is 6.92 Å². The molecule has 11 nitrogen and oxygen atoms in total. The number of ether oxygens (including phenoxy) is 6. The van der Waals surface area contributed by atoms with Gasteiger partial charge in [0.1, 0.15) is 24.4 Å². The predicted molar refractivity (Wildman–Crippen MR) is 97.4 cm³/mol. The molecule has 2 fully saturated rings. The molecule has 0 aromatic heterocycles. The zero-order valence-electron chi connectivity index (χ0n) is 17.1. The number of carbonyl (C=O) groups excluding carboxylic acids is 1. The molecule has 30 heavy (non-hydrogen) atoms. The van der Waals surface area contributed by atoms with Gasteiger partial charge in [0.25, 0.3) is 0 Å². The maximum atomic E-state index is 12.3. The number of fused-ring (bicyclic) bond motifs is 1. The number of hydrogen-bond acceptors (Lipinski definition) is 11. The van der Waals surface area contributed by atoms with E-state index in [9.17, 15) is 25.2 Å². The highest BCUT2D eigenvalue weighted by molar-refractivity contribution is 5.88. The molecule has 11 heteroatoms. The highest BCUT2D eigenvalue weighted by Crippen LogP contribution is 2.43. The van der Waals surface area contributed by atoms with Crippen LogP contribution in [0.4, 0.5) is 0 Å². The molecule has 3 aliphatic rings. The Hall–Kier alpha value is -1.31. The number of rotatable bonds is 6. The van der Waals surface area contributed by atoms with Gasteiger partial charge in [-0.1, -0.05) is 0 Å². The SMILES string of the molecule is CCOC1CC2C(C(=O)OC)=COC(OC3OC(CO)C(O)C(O)C3O)C2C(C)O1. The van der Waals surface area contributed by atoms with Gasteiger partial charge in [-0.25, -0.2) is 4.79 Å². The molecule has 3 aliphatic heterocycles. The van der Waals surface area contributed by atoms with Crippen LogP contribution in [0.2, 0.25) is 0 Å². The monoisotopic (exact) mass is 434 g/mol. The first-order chi connectivity index (χ1) is 14.3. The van der Waals surface area contributed by atoms with Crippen LogP contribution in [0.5, 0.6) is 0 Å². The summed E-state index contributed by atoms with van der Waals surface area (Å²) in [6.07, 6.45) is -7.51. The summed E-state index contributed by atoms with van der Waals surface area (Å²) in [7, 11) is 1.28. The van der Waals surface area contributed by atoms with E-state index in [-0.39, 0.29) is 5.92 Å². The quantitative estimate of drug-likeness (QED) is 0.366. The minimum atomic E-state index is -1.58. The van der Waals surface area contributed by atoms with Crippen molar-refractivity contribution in [3.05, 3.63) is 11.8 Å². The highest BCUT2D eigenvalue weighted by atomic mass is 16.8. The molecule has 0 radical (unpaired) electrons. The summed E-state index contributed by atoms with van der Waals surface area (Å²) in [5.41, 5.74) is 0.316. The van der Waals surface area contributed by atoms with Gasteiger partial charge in [-0.3, -0.25) is 0 Å². The van der Waals surface area contributed by atoms with Gasteiger partial charge < -0.3 is 48.8 Å². The number of esters is 1. The second kappa shape index (κ2) is 9.88. The van der Waals surface area contributed by atoms with Crippen LogP contribution in [0.25, 0.3) is 0 Å². The Balaban J connectivity index is 1.82. The molecule has 0 aromatic carbocycles. The summed E-state index contributed by atoms with van der Waals surface area (Å²) < 4.78 is 33.2. The number of methoxy groups -OCH3 is 1. The summed E-state index contributed by atoms with van der Waals surface area (Å²) in [6, 6.07) is 0. The van der Waals surface area contributed by atoms with Crippen molar-refractivity contribution in [1.82, 2.24) is 0 Å². The first kappa shape index (κ1) is 23.4. The number of carbonyl (C=O) groups is 1. The van der Waals surface area contributed by atoms with Crippen LogP contribution < -0.4 is 0 Å². The normalized spacial score (nSPS) is 43.9. The summed E-state index contributed by atoms with van der Waals surface area (Å²) >= 11 is 0. The van der Waals surface area contributed by atoms with E-state index in [0.717, 1.165) is 0 Å². The van der Waals surface area contributed by atoms with Crippen molar-refractivity contribution in [3.63, 3.8) is 0 Å². The van der Waals surface area contributed by atoms with E-state index in [2.05, 4.69) is 0 Å². The molecule has 3 heterocycles. The van der Waals surface area contributed by atoms with Gasteiger partial charge in [-0.15, -0.1) is 0 Å². The summed E-state index contributed by atoms with van der Waals surface area (Å²) in [6.45, 7) is 3.49. The minimum Gasteiger partial charge on any atom is -0.471 e. The summed E-state index contributed by atoms with van der Waals surface area (Å²) in [5, 5.41) is 39.6. The molecular weight excluding hydrogens is 404 g/mol. The zero-order chi connectivity index (χ0) is 22.0. The second-order valence-electron chi connectivity index (χ2n) is 7.55. The fourth-order valence-electron chi connectivity index (χ4n) is 4.19. The van der Waals surface area contributed by atoms with Crippen molar-refractivity contribution in [2.75, 3.05) is 20.3 Å². The van der Waals surface area contributed by atoms with Crippen LogP contribution in [0.15, 0.2) is 11.8 Å². The third kappa shape index (κ3) is 4.48. The van der Waals surface area contributed by atoms with Crippen molar-refractivity contribution in [2.24, 2.45) is 11.8 Å². The number of aliphatic hydroxyl groups is 4. The summed E-state index contributed by atoms with van der Waals surface area (Å²) in [5.74, 6) is -1.39. The van der Waals surface area contributed by atoms with Gasteiger partial charge in [0.2, 0.25) is 6.29 Å². The first-order valence-electron chi connectivity index (χ1n) is 9.99. The molecule has 2 saturated heterocycles. The molecule has 0 saturated carbocycles. The largest absolute Gasteiger partial charge is 0.471 e. The van der Waals surface area contributed by atoms with Crippen molar-refractivity contribution >= 4 is 5.97 Å². The van der Waals surface area contributed by atoms with Crippen molar-refractivity contribution < 1.29 is 53.6 Å². The molecule has 0 spiro atoms. The molecule has 4 N–H and O–H groups in total. The average Bonchev–Trinajstić information content (AvgIpc) is 2.73. The van der Waals surface area contributed by atoms with Gasteiger partial charge in [0.15, 0.2) is 12.6 Å². The molecule has 0 bridgehead atoms. The molecular formula is C19H30O11. The average molecular weight is 434 g/mol. The third-order valence-corrected chi connectivity index (χ3v) is 5.75. The van der Waals surface area contributed by atoms with Crippen LogP contribution in [0, 0.1) is 11.8 Å². The van der Waals surface area contributed by atoms with E-state index in [4.69, 9.17) is 28.4 Å². The van der Waals surface area contributed by atoms with Gasteiger partial charge in [0, 0.05) is 18.9 Å². The van der Waals surface area contributed by atoms with E-state index in [0.29, 0.717) is 18.6 Å². The van der Waals surface area contributed by atoms with Crippen molar-refractivity contribution in [1.29, 1.82) is 0 Å². The lowest BCUT2D eigenvalue weighted by Gasteiger charge is -2.47. The van der Waals surface area contributed by atoms with Crippen LogP contribution >= 0.6 is 0 Å². The Kier molecular flexibility index (Phi) is 7.69. The van der Waals surface area contributed by atoms with Crippen LogP contribution in [0.3, 0.4) is 0 Å². The highest BCUT2D eigenvalue weighted by Gasteiger charge is 2.51. The molecule has 0 amide bonds. The lowest BCUT2D eigenvalue weighted by Crippen LogP contribution is -2.61. The lowest BCUT2D eigenvalue weighted by molar-refractivity contribution is -0.353. The first-order valence-corrected chi connectivity index (χ1v) is 9.99. The smallest absolute Gasteiger partial charge is 0.337 e. The maximum Gasteiger partial charge on any atom is 0.337 e. The van der Waals surface area contributed by atoms with Crippen LogP contribution in [0.1, 0.15) is 20.3 Å². The number of hydrogen-bond donors (Lipinski definition) is 4. The molecule has 172 valence electrons. The standard InChI is InChI=1S/C19H30O11/c1-4-26-12-5-9-10(17(24)25-3)7-27-18(13(9)8(2)28-12)30-19-16(23)15(22)14(21)11(6-20)29-19/h7-9,11-16,18-23H,4-6H2,1-3H3. The zero-order valence-corrected chi connectivity index (χ0v) is 17.1. The van der Waals surface area contributed by atoms with Gasteiger partial charge in [-0.05, 0) is 13.8 Å². The molecule has 10 unspecified atom stereocenters. The Morgan fingerprint density at radius 2 is 1.90 bits per heavy atom. The fourth-order valence-corrected chi connectivity index (χ4v) is 4.19. The molecule has 0 aromatic rings. The topological polar surface area (TPSA) is 153 Å². The van der Waals surface area contributed by atoms with E-state index in [1.165, 1.54) is 13.4 Å². The van der Waals surface area contributed by atoms with E-state index < -0.39 is 67.9 Å². The Morgan fingerprint density at radius 3 is 2.53 bits per heavy atom. The fraction of sp³-hybridized carbons (Fsp3) is 0.842. The van der Waals surface area contributed by atoms with E-state index >= 15 is 0 Å². The molecule has 0 aliphatic carbocycles. The van der Waals surface area contributed by atoms with Gasteiger partial charge in [-0.2, -0.15) is 0 Å². The predicted octanol–water partition coefficient (Wildman–Crippen LogP) is -1.38. The van der Waals surface area contributed by atoms with E-state index in [1.807, 2.05) is 6.92 Å². The van der Waals surface area contributed by atoms with Crippen molar-refractivity contribution in [3.8, 4) is 0 Å². The molecule has 10 atom stereocenters. The Morgan fingerprint density at radius 1 is 1.17 bits per heavy atom. The van der Waals surface area contributed by atoms with Crippen molar-refractivity contribution in [2.45, 2.75) is 69.7 Å². The molecule has 3 rings (SSSR count). The van der Waals surface area contributed by atoms with Crippen LogP contribution in [-0.2, 0) is 33.2 Å². The maximum absolute atomic E-state index is 12.3. The summed E-state index contributed by atoms with van der Waals surface area (Å²) in [4.78, 5) is 12.3. The number of aliphatic hydroxyl groups excluding tert-OH is 4. The van der Waals surface area contributed by atoms with Crippen LogP contribution in [-0.4, -0.2) is 96.1 Å². The third-order valence-electron chi connectivity index (χ3n) is 5.75. The minimum absolute atomic E-state index is 0.316.